The van der Waals surface area contributed by atoms with Crippen LogP contribution in [0.5, 0.6) is 0 Å². The number of H-pyrrole nitrogens is 1. The van der Waals surface area contributed by atoms with Gasteiger partial charge in [0.25, 0.3) is 0 Å². The molecule has 9 nitrogen and oxygen atoms in total. The number of carboxylic acids is 1. The van der Waals surface area contributed by atoms with Gasteiger partial charge in [-0.05, 0) is 18.6 Å². The van der Waals surface area contributed by atoms with E-state index < -0.39 is 42.5 Å². The molecule has 0 fully saturated rings. The molecule has 0 aliphatic rings. The van der Waals surface area contributed by atoms with Gasteiger partial charge in [0.2, 0.25) is 11.8 Å². The second-order valence-corrected chi connectivity index (χ2v) is 6.01. The van der Waals surface area contributed by atoms with Crippen LogP contribution in [0.3, 0.4) is 0 Å². The van der Waals surface area contributed by atoms with Crippen LogP contribution in [0.2, 0.25) is 0 Å². The number of para-hydroxylation sites is 1. The van der Waals surface area contributed by atoms with Crippen molar-refractivity contribution in [3.05, 3.63) is 36.0 Å². The van der Waals surface area contributed by atoms with E-state index in [9.17, 15) is 24.6 Å². The van der Waals surface area contributed by atoms with Crippen LogP contribution < -0.4 is 16.4 Å². The maximum absolute atomic E-state index is 11.9. The first kappa shape index (κ1) is 19.4. The molecular weight excluding hydrogens is 340 g/mol. The normalized spacial score (nSPS) is 14.4. The molecule has 0 spiro atoms. The van der Waals surface area contributed by atoms with Gasteiger partial charge in [0, 0.05) is 23.5 Å². The Hall–Kier alpha value is -2.91. The molecule has 26 heavy (non-hydrogen) atoms. The topological polar surface area (TPSA) is 158 Å². The van der Waals surface area contributed by atoms with Crippen LogP contribution in [0, 0.1) is 0 Å². The van der Waals surface area contributed by atoms with Crippen molar-refractivity contribution in [2.24, 2.45) is 5.73 Å². The second-order valence-electron chi connectivity index (χ2n) is 6.01. The van der Waals surface area contributed by atoms with E-state index in [1.807, 2.05) is 24.3 Å². The highest BCUT2D eigenvalue weighted by molar-refractivity contribution is 5.90. The number of aliphatic hydroxyl groups is 1. The number of aromatic nitrogens is 1. The average molecular weight is 362 g/mol. The molecule has 0 radical (unpaired) electrons. The number of nitrogens with two attached hydrogens (primary N) is 1. The number of hydrogen-bond acceptors (Lipinski definition) is 5. The Morgan fingerprint density at radius 3 is 2.62 bits per heavy atom. The predicted octanol–water partition coefficient (Wildman–Crippen LogP) is -0.896. The van der Waals surface area contributed by atoms with Gasteiger partial charge in [-0.15, -0.1) is 0 Å². The standard InChI is InChI=1S/C17H22N4O5/c1-9(22)15(18)16(24)20-8-14(23)21-13(17(25)26)6-10-7-19-12-5-3-2-4-11(10)12/h2-5,7,9,13,15,19,22H,6,8,18H2,1H3,(H,20,24)(H,21,23)(H,25,26). The Bertz CT molecular complexity index is 801. The number of carboxylic acid groups (broad SMARTS) is 1. The minimum absolute atomic E-state index is 0.0895. The molecule has 1 heterocycles. The largest absolute Gasteiger partial charge is 0.480 e. The van der Waals surface area contributed by atoms with Gasteiger partial charge in [0.1, 0.15) is 12.1 Å². The number of carbonyl (C=O) groups excluding carboxylic acids is 2. The lowest BCUT2D eigenvalue weighted by Gasteiger charge is -2.16. The Balaban J connectivity index is 1.96. The number of rotatable bonds is 8. The highest BCUT2D eigenvalue weighted by Crippen LogP contribution is 2.19. The van der Waals surface area contributed by atoms with Gasteiger partial charge in [-0.2, -0.15) is 0 Å². The Morgan fingerprint density at radius 1 is 1.27 bits per heavy atom. The van der Waals surface area contributed by atoms with E-state index in [4.69, 9.17) is 5.73 Å². The van der Waals surface area contributed by atoms with E-state index in [1.165, 1.54) is 6.92 Å². The number of aliphatic hydroxyl groups excluding tert-OH is 1. The molecule has 7 N–H and O–H groups in total. The third-order valence-corrected chi connectivity index (χ3v) is 3.98. The van der Waals surface area contributed by atoms with E-state index >= 15 is 0 Å². The van der Waals surface area contributed by atoms with E-state index in [0.29, 0.717) is 0 Å². The monoisotopic (exact) mass is 362 g/mol. The van der Waals surface area contributed by atoms with Gasteiger partial charge in [-0.1, -0.05) is 18.2 Å². The van der Waals surface area contributed by atoms with Crippen LogP contribution >= 0.6 is 0 Å². The molecule has 2 rings (SSSR count). The quantitative estimate of drug-likeness (QED) is 0.357. The first-order valence-electron chi connectivity index (χ1n) is 8.08. The van der Waals surface area contributed by atoms with Gasteiger partial charge in [0.15, 0.2) is 0 Å². The van der Waals surface area contributed by atoms with E-state index in [0.717, 1.165) is 16.5 Å². The fourth-order valence-corrected chi connectivity index (χ4v) is 2.47. The molecule has 0 aliphatic heterocycles. The summed E-state index contributed by atoms with van der Waals surface area (Å²) in [6, 6.07) is 5.12. The molecule has 0 aliphatic carbocycles. The molecule has 1 aromatic heterocycles. The minimum atomic E-state index is -1.18. The van der Waals surface area contributed by atoms with Crippen molar-refractivity contribution in [2.75, 3.05) is 6.54 Å². The van der Waals surface area contributed by atoms with E-state index in [2.05, 4.69) is 15.6 Å². The molecule has 1 aromatic carbocycles. The van der Waals surface area contributed by atoms with Crippen LogP contribution in [-0.4, -0.2) is 57.7 Å². The zero-order valence-corrected chi connectivity index (χ0v) is 14.2. The van der Waals surface area contributed by atoms with Crippen molar-refractivity contribution >= 4 is 28.7 Å². The maximum Gasteiger partial charge on any atom is 0.326 e. The SMILES string of the molecule is CC(O)C(N)C(=O)NCC(=O)NC(Cc1c[nH]c2ccccc12)C(=O)O. The molecule has 9 heteroatoms. The van der Waals surface area contributed by atoms with Crippen LogP contribution in [-0.2, 0) is 20.8 Å². The van der Waals surface area contributed by atoms with Crippen molar-refractivity contribution in [3.8, 4) is 0 Å². The number of benzene rings is 1. The molecule has 3 atom stereocenters. The number of aromatic amines is 1. The lowest BCUT2D eigenvalue weighted by molar-refractivity contribution is -0.141. The van der Waals surface area contributed by atoms with E-state index in [-0.39, 0.29) is 6.42 Å². The summed E-state index contributed by atoms with van der Waals surface area (Å²) in [6.07, 6.45) is 0.731. The van der Waals surface area contributed by atoms with Crippen LogP contribution in [0.15, 0.2) is 30.5 Å². The van der Waals surface area contributed by atoms with Crippen LogP contribution in [0.4, 0.5) is 0 Å². The van der Waals surface area contributed by atoms with Gasteiger partial charge < -0.3 is 31.6 Å². The average Bonchev–Trinajstić information content (AvgIpc) is 3.01. The minimum Gasteiger partial charge on any atom is -0.480 e. The fraction of sp³-hybridized carbons (Fsp3) is 0.353. The number of aliphatic carboxylic acids is 1. The van der Waals surface area contributed by atoms with Crippen molar-refractivity contribution < 1.29 is 24.6 Å². The summed E-state index contributed by atoms with van der Waals surface area (Å²) in [6.45, 7) is 0.920. The number of hydrogen-bond donors (Lipinski definition) is 6. The van der Waals surface area contributed by atoms with Gasteiger partial charge >= 0.3 is 5.97 Å². The summed E-state index contributed by atoms with van der Waals surface area (Å²) in [7, 11) is 0. The number of nitrogens with one attached hydrogen (secondary N) is 3. The lowest BCUT2D eigenvalue weighted by atomic mass is 10.0. The smallest absolute Gasteiger partial charge is 0.326 e. The Kier molecular flexibility index (Phi) is 6.31. The predicted molar refractivity (Wildman–Crippen MR) is 94.2 cm³/mol. The molecule has 2 aromatic rings. The third kappa shape index (κ3) is 4.80. The van der Waals surface area contributed by atoms with Crippen LogP contribution in [0.1, 0.15) is 12.5 Å². The van der Waals surface area contributed by atoms with Crippen molar-refractivity contribution in [1.29, 1.82) is 0 Å². The Labute approximate surface area is 149 Å². The number of amides is 2. The van der Waals surface area contributed by atoms with Gasteiger partial charge in [-0.25, -0.2) is 4.79 Å². The number of carbonyl (C=O) groups is 3. The van der Waals surface area contributed by atoms with E-state index in [1.54, 1.807) is 6.20 Å². The molecule has 2 amide bonds. The summed E-state index contributed by atoms with van der Waals surface area (Å²) in [5, 5.41) is 24.1. The first-order valence-corrected chi connectivity index (χ1v) is 8.08. The molecule has 0 bridgehead atoms. The number of fused-ring (bicyclic) bond motifs is 1. The molecule has 0 saturated heterocycles. The summed E-state index contributed by atoms with van der Waals surface area (Å²) >= 11 is 0. The van der Waals surface area contributed by atoms with Crippen molar-refractivity contribution in [3.63, 3.8) is 0 Å². The van der Waals surface area contributed by atoms with Gasteiger partial charge in [0.05, 0.1) is 12.6 Å². The lowest BCUT2D eigenvalue weighted by Crippen LogP contribution is -2.51. The summed E-state index contributed by atoms with van der Waals surface area (Å²) in [5.74, 6) is -2.54. The molecule has 3 unspecified atom stereocenters. The van der Waals surface area contributed by atoms with Crippen LogP contribution in [0.25, 0.3) is 10.9 Å². The first-order chi connectivity index (χ1) is 12.3. The second kappa shape index (κ2) is 8.45. The third-order valence-electron chi connectivity index (χ3n) is 3.98. The molecule has 140 valence electrons. The summed E-state index contributed by atoms with van der Waals surface area (Å²) in [5.41, 5.74) is 7.08. The molecule has 0 saturated carbocycles. The van der Waals surface area contributed by atoms with Crippen molar-refractivity contribution in [1.82, 2.24) is 15.6 Å². The Morgan fingerprint density at radius 2 is 1.96 bits per heavy atom. The highest BCUT2D eigenvalue weighted by atomic mass is 16.4. The highest BCUT2D eigenvalue weighted by Gasteiger charge is 2.23. The molecular formula is C17H22N4O5. The zero-order valence-electron chi connectivity index (χ0n) is 14.2. The summed E-state index contributed by atoms with van der Waals surface area (Å²) < 4.78 is 0. The summed E-state index contributed by atoms with van der Waals surface area (Å²) in [4.78, 5) is 38.1. The fourth-order valence-electron chi connectivity index (χ4n) is 2.47. The van der Waals surface area contributed by atoms with Crippen molar-refractivity contribution in [2.45, 2.75) is 31.5 Å². The van der Waals surface area contributed by atoms with Gasteiger partial charge in [-0.3, -0.25) is 9.59 Å². The zero-order chi connectivity index (χ0) is 19.3. The maximum atomic E-state index is 11.9.